The molecule has 6 nitrogen and oxygen atoms in total. The van der Waals surface area contributed by atoms with E-state index in [1.54, 1.807) is 14.2 Å². The zero-order valence-electron chi connectivity index (χ0n) is 16.2. The molecule has 25 heavy (non-hydrogen) atoms. The normalized spacial score (nSPS) is 13.8. The molecule has 0 aliphatic heterocycles. The van der Waals surface area contributed by atoms with Crippen molar-refractivity contribution in [3.8, 4) is 5.75 Å². The Balaban J connectivity index is 0.00000576. The predicted molar refractivity (Wildman–Crippen MR) is 115 cm³/mol. The van der Waals surface area contributed by atoms with E-state index in [2.05, 4.69) is 55.6 Å². The number of ether oxygens (including phenoxy) is 2. The summed E-state index contributed by atoms with van der Waals surface area (Å²) < 4.78 is 10.5. The van der Waals surface area contributed by atoms with Gasteiger partial charge in [-0.1, -0.05) is 12.1 Å². The van der Waals surface area contributed by atoms with Gasteiger partial charge >= 0.3 is 0 Å². The van der Waals surface area contributed by atoms with Gasteiger partial charge in [0, 0.05) is 19.7 Å². The lowest BCUT2D eigenvalue weighted by Gasteiger charge is -2.24. The van der Waals surface area contributed by atoms with Gasteiger partial charge in [-0.25, -0.2) is 0 Å². The first-order valence-electron chi connectivity index (χ1n) is 8.35. The molecular weight excluding hydrogens is 431 g/mol. The Hall–Kier alpha value is -1.06. The molecule has 0 aromatic heterocycles. The average Bonchev–Trinajstić information content (AvgIpc) is 2.55. The van der Waals surface area contributed by atoms with Gasteiger partial charge in [-0.15, -0.1) is 24.0 Å². The summed E-state index contributed by atoms with van der Waals surface area (Å²) in [6.07, 6.45) is 0. The van der Waals surface area contributed by atoms with Gasteiger partial charge in [0.15, 0.2) is 5.96 Å². The number of benzene rings is 1. The van der Waals surface area contributed by atoms with E-state index in [-0.39, 0.29) is 36.1 Å². The standard InChI is InChI=1S/C18H32N4O2.HI/c1-7-19-18(21-14(2)13-23-5)20-12-17(22(3)4)15-9-8-10-16(11-15)24-6;/h8-11,14,17H,7,12-13H2,1-6H3,(H2,19,20,21);1H. The van der Waals surface area contributed by atoms with Crippen LogP contribution in [-0.2, 0) is 4.74 Å². The summed E-state index contributed by atoms with van der Waals surface area (Å²) in [7, 11) is 7.51. The van der Waals surface area contributed by atoms with Crippen molar-refractivity contribution in [2.24, 2.45) is 4.99 Å². The lowest BCUT2D eigenvalue weighted by Crippen LogP contribution is -2.44. The van der Waals surface area contributed by atoms with Crippen LogP contribution in [0.5, 0.6) is 5.75 Å². The summed E-state index contributed by atoms with van der Waals surface area (Å²) in [4.78, 5) is 6.91. The van der Waals surface area contributed by atoms with Gasteiger partial charge in [0.05, 0.1) is 26.3 Å². The zero-order chi connectivity index (χ0) is 17.9. The van der Waals surface area contributed by atoms with Crippen LogP contribution in [-0.4, -0.2) is 64.9 Å². The third kappa shape index (κ3) is 8.73. The Morgan fingerprint density at radius 2 is 2.00 bits per heavy atom. The van der Waals surface area contributed by atoms with Crippen molar-refractivity contribution in [3.63, 3.8) is 0 Å². The first kappa shape index (κ1) is 23.9. The maximum atomic E-state index is 5.34. The number of methoxy groups -OCH3 is 2. The lowest BCUT2D eigenvalue weighted by atomic mass is 10.1. The van der Waals surface area contributed by atoms with Crippen molar-refractivity contribution < 1.29 is 9.47 Å². The highest BCUT2D eigenvalue weighted by Crippen LogP contribution is 2.22. The SMILES string of the molecule is CCNC(=NCC(c1cccc(OC)c1)N(C)C)NC(C)COC.I. The van der Waals surface area contributed by atoms with Crippen LogP contribution in [0.3, 0.4) is 0 Å². The van der Waals surface area contributed by atoms with Crippen molar-refractivity contribution in [3.05, 3.63) is 29.8 Å². The molecule has 2 atom stereocenters. The molecule has 2 N–H and O–H groups in total. The summed E-state index contributed by atoms with van der Waals surface area (Å²) in [6.45, 7) is 6.23. The van der Waals surface area contributed by atoms with Gasteiger partial charge in [0.1, 0.15) is 5.75 Å². The number of nitrogens with one attached hydrogen (secondary N) is 2. The number of rotatable bonds is 9. The molecule has 0 saturated carbocycles. The summed E-state index contributed by atoms with van der Waals surface area (Å²) in [5, 5.41) is 6.64. The van der Waals surface area contributed by atoms with Crippen LogP contribution in [0.4, 0.5) is 0 Å². The zero-order valence-corrected chi connectivity index (χ0v) is 18.5. The summed E-state index contributed by atoms with van der Waals surface area (Å²) in [6, 6.07) is 8.51. The van der Waals surface area contributed by atoms with Gasteiger partial charge in [0.25, 0.3) is 0 Å². The fourth-order valence-corrected chi connectivity index (χ4v) is 2.44. The van der Waals surface area contributed by atoms with Crippen LogP contribution in [0.1, 0.15) is 25.5 Å². The van der Waals surface area contributed by atoms with E-state index in [0.717, 1.165) is 18.3 Å². The third-order valence-electron chi connectivity index (χ3n) is 3.67. The first-order valence-corrected chi connectivity index (χ1v) is 8.35. The molecule has 0 radical (unpaired) electrons. The summed E-state index contributed by atoms with van der Waals surface area (Å²) >= 11 is 0. The van der Waals surface area contributed by atoms with Crippen molar-refractivity contribution >= 4 is 29.9 Å². The quantitative estimate of drug-likeness (QED) is 0.334. The van der Waals surface area contributed by atoms with Crippen LogP contribution in [0.15, 0.2) is 29.3 Å². The van der Waals surface area contributed by atoms with E-state index in [1.807, 2.05) is 12.1 Å². The number of hydrogen-bond donors (Lipinski definition) is 2. The fraction of sp³-hybridized carbons (Fsp3) is 0.611. The molecule has 144 valence electrons. The molecule has 0 bridgehead atoms. The Morgan fingerprint density at radius 1 is 1.28 bits per heavy atom. The number of halogens is 1. The first-order chi connectivity index (χ1) is 11.5. The van der Waals surface area contributed by atoms with Crippen LogP contribution >= 0.6 is 24.0 Å². The van der Waals surface area contributed by atoms with Gasteiger partial charge < -0.3 is 25.0 Å². The van der Waals surface area contributed by atoms with E-state index in [0.29, 0.717) is 13.2 Å². The van der Waals surface area contributed by atoms with Gasteiger partial charge in [-0.2, -0.15) is 0 Å². The number of guanidine groups is 1. The highest BCUT2D eigenvalue weighted by molar-refractivity contribution is 14.0. The number of nitrogens with zero attached hydrogens (tertiary/aromatic N) is 2. The van der Waals surface area contributed by atoms with Gasteiger partial charge in [-0.3, -0.25) is 4.99 Å². The number of likely N-dealkylation sites (N-methyl/N-ethyl adjacent to an activating group) is 1. The maximum absolute atomic E-state index is 5.34. The van der Waals surface area contributed by atoms with E-state index in [4.69, 9.17) is 14.5 Å². The minimum atomic E-state index is 0. The second-order valence-corrected chi connectivity index (χ2v) is 5.98. The maximum Gasteiger partial charge on any atom is 0.191 e. The van der Waals surface area contributed by atoms with Crippen molar-refractivity contribution in [2.75, 3.05) is 48.0 Å². The molecular formula is C18H33IN4O2. The van der Waals surface area contributed by atoms with Crippen molar-refractivity contribution in [1.82, 2.24) is 15.5 Å². The Bertz CT molecular complexity index is 512. The van der Waals surface area contributed by atoms with Crippen molar-refractivity contribution in [1.29, 1.82) is 0 Å². The van der Waals surface area contributed by atoms with E-state index in [1.165, 1.54) is 5.56 Å². The van der Waals surface area contributed by atoms with Crippen LogP contribution in [0, 0.1) is 0 Å². The minimum absolute atomic E-state index is 0. The Labute approximate surface area is 169 Å². The van der Waals surface area contributed by atoms with E-state index in [9.17, 15) is 0 Å². The molecule has 0 spiro atoms. The highest BCUT2D eigenvalue weighted by atomic mass is 127. The molecule has 1 rings (SSSR count). The molecule has 0 heterocycles. The summed E-state index contributed by atoms with van der Waals surface area (Å²) in [5.41, 5.74) is 1.18. The fourth-order valence-electron chi connectivity index (χ4n) is 2.44. The minimum Gasteiger partial charge on any atom is -0.497 e. The molecule has 2 unspecified atom stereocenters. The van der Waals surface area contributed by atoms with E-state index < -0.39 is 0 Å². The van der Waals surface area contributed by atoms with Crippen LogP contribution < -0.4 is 15.4 Å². The summed E-state index contributed by atoms with van der Waals surface area (Å²) in [5.74, 6) is 1.67. The second-order valence-electron chi connectivity index (χ2n) is 5.98. The topological polar surface area (TPSA) is 58.1 Å². The third-order valence-corrected chi connectivity index (χ3v) is 3.67. The number of aliphatic imine (C=N–C) groups is 1. The molecule has 0 saturated heterocycles. The Morgan fingerprint density at radius 3 is 2.56 bits per heavy atom. The molecule has 0 fully saturated rings. The largest absolute Gasteiger partial charge is 0.497 e. The smallest absolute Gasteiger partial charge is 0.191 e. The molecule has 0 aliphatic rings. The predicted octanol–water partition coefficient (Wildman–Crippen LogP) is 2.51. The highest BCUT2D eigenvalue weighted by Gasteiger charge is 2.15. The lowest BCUT2D eigenvalue weighted by molar-refractivity contribution is 0.179. The van der Waals surface area contributed by atoms with Crippen LogP contribution in [0.2, 0.25) is 0 Å². The number of hydrogen-bond acceptors (Lipinski definition) is 4. The van der Waals surface area contributed by atoms with E-state index >= 15 is 0 Å². The molecule has 1 aromatic carbocycles. The van der Waals surface area contributed by atoms with Crippen molar-refractivity contribution in [2.45, 2.75) is 25.9 Å². The molecule has 7 heteroatoms. The Kier molecular flexibility index (Phi) is 12.6. The van der Waals surface area contributed by atoms with Gasteiger partial charge in [-0.05, 0) is 45.6 Å². The van der Waals surface area contributed by atoms with Gasteiger partial charge in [0.2, 0.25) is 0 Å². The molecule has 0 amide bonds. The molecule has 0 aliphatic carbocycles. The second kappa shape index (κ2) is 13.2. The van der Waals surface area contributed by atoms with Crippen LogP contribution in [0.25, 0.3) is 0 Å². The average molecular weight is 464 g/mol. The molecule has 1 aromatic rings. The monoisotopic (exact) mass is 464 g/mol.